The number of fused-ring (bicyclic) bond motifs is 1. The van der Waals surface area contributed by atoms with Crippen LogP contribution >= 0.6 is 11.6 Å². The topological polar surface area (TPSA) is 70.9 Å². The summed E-state index contributed by atoms with van der Waals surface area (Å²) in [4.78, 5) is 15.8. The largest absolute Gasteiger partial charge is 0.373 e. The number of anilines is 1. The van der Waals surface area contributed by atoms with Gasteiger partial charge in [-0.3, -0.25) is 0 Å². The summed E-state index contributed by atoms with van der Waals surface area (Å²) in [5, 5.41) is 7.08. The molecule has 1 aliphatic carbocycles. The van der Waals surface area contributed by atoms with Gasteiger partial charge < -0.3 is 20.1 Å². The van der Waals surface area contributed by atoms with E-state index in [1.165, 1.54) is 12.5 Å². The molecule has 33 heavy (non-hydrogen) atoms. The summed E-state index contributed by atoms with van der Waals surface area (Å²) in [7, 11) is 0. The third-order valence-electron chi connectivity index (χ3n) is 6.52. The van der Waals surface area contributed by atoms with Crippen LogP contribution in [0.5, 0.6) is 0 Å². The molecule has 0 amide bonds. The predicted octanol–water partition coefficient (Wildman–Crippen LogP) is 5.09. The van der Waals surface area contributed by atoms with Crippen LogP contribution in [0.3, 0.4) is 0 Å². The quantitative estimate of drug-likeness (QED) is 0.524. The molecule has 0 radical (unpaired) electrons. The molecular formula is C24H29ClFN7. The molecule has 7 nitrogen and oxygen atoms in total. The Labute approximate surface area is 198 Å². The average molecular weight is 470 g/mol. The van der Waals surface area contributed by atoms with E-state index in [-0.39, 0.29) is 11.9 Å². The summed E-state index contributed by atoms with van der Waals surface area (Å²) < 4.78 is 17.0. The van der Waals surface area contributed by atoms with E-state index in [0.717, 1.165) is 37.4 Å². The normalized spacial score (nSPS) is 20.2. The zero-order valence-electron chi connectivity index (χ0n) is 19.1. The molecular weight excluding hydrogens is 441 g/mol. The van der Waals surface area contributed by atoms with Gasteiger partial charge in [0.25, 0.3) is 0 Å². The highest BCUT2D eigenvalue weighted by Gasteiger charge is 2.27. The minimum atomic E-state index is -0.377. The van der Waals surface area contributed by atoms with Crippen LogP contribution in [0.1, 0.15) is 45.0 Å². The number of nitrogens with one attached hydrogen (secondary N) is 2. The predicted molar refractivity (Wildman–Crippen MR) is 129 cm³/mol. The first kappa shape index (κ1) is 21.9. The lowest BCUT2D eigenvalue weighted by Gasteiger charge is -2.20. The lowest BCUT2D eigenvalue weighted by Crippen LogP contribution is -2.26. The highest BCUT2D eigenvalue weighted by Crippen LogP contribution is 2.33. The molecule has 9 heteroatoms. The number of hydrogen-bond donors (Lipinski definition) is 2. The van der Waals surface area contributed by atoms with Crippen molar-refractivity contribution < 1.29 is 4.39 Å². The lowest BCUT2D eigenvalue weighted by atomic mass is 10.1. The van der Waals surface area contributed by atoms with Crippen LogP contribution in [0.2, 0.25) is 5.02 Å². The number of benzene rings is 1. The second kappa shape index (κ2) is 8.82. The summed E-state index contributed by atoms with van der Waals surface area (Å²) in [6.07, 6.45) is 9.00. The van der Waals surface area contributed by atoms with Crippen molar-refractivity contribution in [1.29, 1.82) is 0 Å². The zero-order valence-corrected chi connectivity index (χ0v) is 19.9. The number of rotatable bonds is 6. The molecule has 174 valence electrons. The van der Waals surface area contributed by atoms with E-state index in [2.05, 4.69) is 50.5 Å². The molecule has 3 heterocycles. The number of hydrogen-bond acceptors (Lipinski definition) is 6. The van der Waals surface area contributed by atoms with Gasteiger partial charge in [-0.05, 0) is 58.1 Å². The Balaban J connectivity index is 1.38. The van der Waals surface area contributed by atoms with E-state index >= 15 is 0 Å². The maximum Gasteiger partial charge on any atom is 0.223 e. The Bertz CT molecular complexity index is 1210. The van der Waals surface area contributed by atoms with E-state index < -0.39 is 0 Å². The van der Waals surface area contributed by atoms with Gasteiger partial charge in [0.05, 0.1) is 29.1 Å². The first-order valence-corrected chi connectivity index (χ1v) is 11.9. The molecule has 2 N–H and O–H groups in total. The summed E-state index contributed by atoms with van der Waals surface area (Å²) in [6.45, 7) is 7.95. The second-order valence-electron chi connectivity index (χ2n) is 9.31. The van der Waals surface area contributed by atoms with Crippen LogP contribution in [-0.4, -0.2) is 43.7 Å². The Morgan fingerprint density at radius 1 is 1.27 bits per heavy atom. The number of aromatic nitrogens is 4. The summed E-state index contributed by atoms with van der Waals surface area (Å²) in [5.74, 6) is 1.56. The maximum absolute atomic E-state index is 15.0. The van der Waals surface area contributed by atoms with Crippen LogP contribution in [0, 0.1) is 18.7 Å². The Morgan fingerprint density at radius 3 is 2.88 bits per heavy atom. The molecule has 0 spiro atoms. The lowest BCUT2D eigenvalue weighted by molar-refractivity contribution is 0.319. The Hall–Kier alpha value is -2.87. The average Bonchev–Trinajstić information content (AvgIpc) is 3.50. The van der Waals surface area contributed by atoms with Gasteiger partial charge >= 0.3 is 0 Å². The van der Waals surface area contributed by atoms with Crippen molar-refractivity contribution in [1.82, 2.24) is 29.7 Å². The van der Waals surface area contributed by atoms with Crippen LogP contribution < -0.4 is 10.6 Å². The SMILES string of the molecule is Cc1nc2c(F)cc(-c3nc(NC4CCC(CN5C=CNC5)C4)ncc3Cl)cc2n1C(C)C. The van der Waals surface area contributed by atoms with Crippen molar-refractivity contribution in [3.05, 3.63) is 47.4 Å². The van der Waals surface area contributed by atoms with E-state index in [0.29, 0.717) is 39.7 Å². The number of imidazole rings is 1. The first-order valence-electron chi connectivity index (χ1n) is 11.5. The Kier molecular flexibility index (Phi) is 5.86. The van der Waals surface area contributed by atoms with Gasteiger partial charge in [0.2, 0.25) is 5.95 Å². The van der Waals surface area contributed by atoms with Crippen molar-refractivity contribution >= 4 is 28.6 Å². The molecule has 0 bridgehead atoms. The third kappa shape index (κ3) is 4.36. The molecule has 3 aromatic rings. The minimum absolute atomic E-state index is 0.157. The smallest absolute Gasteiger partial charge is 0.223 e. The van der Waals surface area contributed by atoms with Crippen molar-refractivity contribution in [2.45, 2.75) is 52.1 Å². The van der Waals surface area contributed by atoms with Crippen molar-refractivity contribution in [2.75, 3.05) is 18.5 Å². The van der Waals surface area contributed by atoms with Crippen LogP contribution in [-0.2, 0) is 0 Å². The highest BCUT2D eigenvalue weighted by molar-refractivity contribution is 6.33. The summed E-state index contributed by atoms with van der Waals surface area (Å²) >= 11 is 6.46. The molecule has 1 saturated carbocycles. The molecule has 5 rings (SSSR count). The number of nitrogens with zero attached hydrogens (tertiary/aromatic N) is 5. The van der Waals surface area contributed by atoms with Crippen LogP contribution in [0.4, 0.5) is 10.3 Å². The van der Waals surface area contributed by atoms with Crippen molar-refractivity contribution in [3.63, 3.8) is 0 Å². The van der Waals surface area contributed by atoms with Crippen molar-refractivity contribution in [2.24, 2.45) is 5.92 Å². The maximum atomic E-state index is 15.0. The van der Waals surface area contributed by atoms with E-state index in [4.69, 9.17) is 11.6 Å². The van der Waals surface area contributed by atoms with Gasteiger partial charge in [-0.2, -0.15) is 0 Å². The number of halogens is 2. The van der Waals surface area contributed by atoms with Crippen molar-refractivity contribution in [3.8, 4) is 11.3 Å². The van der Waals surface area contributed by atoms with Crippen LogP contribution in [0.15, 0.2) is 30.7 Å². The van der Waals surface area contributed by atoms with Gasteiger partial charge in [0, 0.05) is 36.6 Å². The first-order chi connectivity index (χ1) is 15.9. The molecule has 2 atom stereocenters. The van der Waals surface area contributed by atoms with Gasteiger partial charge in [-0.25, -0.2) is 19.3 Å². The molecule has 2 unspecified atom stereocenters. The molecule has 1 aliphatic heterocycles. The minimum Gasteiger partial charge on any atom is -0.373 e. The molecule has 1 fully saturated rings. The highest BCUT2D eigenvalue weighted by atomic mass is 35.5. The summed E-state index contributed by atoms with van der Waals surface area (Å²) in [6, 6.07) is 3.85. The Morgan fingerprint density at radius 2 is 2.12 bits per heavy atom. The number of aryl methyl sites for hydroxylation is 1. The van der Waals surface area contributed by atoms with Gasteiger partial charge in [0.15, 0.2) is 5.82 Å². The van der Waals surface area contributed by atoms with E-state index in [1.54, 1.807) is 6.20 Å². The van der Waals surface area contributed by atoms with E-state index in [9.17, 15) is 4.39 Å². The second-order valence-corrected chi connectivity index (χ2v) is 9.72. The van der Waals surface area contributed by atoms with Crippen LogP contribution in [0.25, 0.3) is 22.3 Å². The standard InChI is InChI=1S/C24H29ClFN7/c1-14(2)33-15(3)29-23-20(26)9-17(10-21(23)33)22-19(25)11-28-24(31-22)30-18-5-4-16(8-18)12-32-7-6-27-13-32/h6-7,9-11,14,16,18,27H,4-5,8,12-13H2,1-3H3,(H,28,30,31). The van der Waals surface area contributed by atoms with Gasteiger partial charge in [-0.1, -0.05) is 11.6 Å². The monoisotopic (exact) mass is 469 g/mol. The third-order valence-corrected chi connectivity index (χ3v) is 6.80. The molecule has 2 aromatic heterocycles. The summed E-state index contributed by atoms with van der Waals surface area (Å²) in [5.41, 5.74) is 2.25. The fourth-order valence-corrected chi connectivity index (χ4v) is 5.29. The molecule has 0 saturated heterocycles. The van der Waals surface area contributed by atoms with E-state index in [1.807, 2.05) is 23.8 Å². The van der Waals surface area contributed by atoms with Gasteiger partial charge in [0.1, 0.15) is 11.3 Å². The molecule has 2 aliphatic rings. The molecule has 1 aromatic carbocycles. The fraction of sp³-hybridized carbons (Fsp3) is 0.458. The fourth-order valence-electron chi connectivity index (χ4n) is 5.09. The van der Waals surface area contributed by atoms with Gasteiger partial charge in [-0.15, -0.1) is 0 Å². The zero-order chi connectivity index (χ0) is 23.1.